The quantitative estimate of drug-likeness (QED) is 0.362. The molecule has 1 atom stereocenters. The number of likely N-dealkylation sites (N-methyl/N-ethyl adjacent to an activating group) is 1. The third-order valence-electron chi connectivity index (χ3n) is 5.87. The Bertz CT molecular complexity index is 1300. The van der Waals surface area contributed by atoms with E-state index in [1.165, 1.54) is 24.1 Å². The highest BCUT2D eigenvalue weighted by Crippen LogP contribution is 2.26. The van der Waals surface area contributed by atoms with Gasteiger partial charge in [0.25, 0.3) is 10.0 Å². The minimum Gasteiger partial charge on any atom is -0.497 e. The molecule has 0 aliphatic rings. The summed E-state index contributed by atoms with van der Waals surface area (Å²) in [5.74, 6) is -0.172. The van der Waals surface area contributed by atoms with Gasteiger partial charge < -0.3 is 15.0 Å². The van der Waals surface area contributed by atoms with Crippen LogP contribution in [0.2, 0.25) is 0 Å². The maximum absolute atomic E-state index is 13.8. The number of rotatable bonds is 11. The van der Waals surface area contributed by atoms with Crippen molar-refractivity contribution in [3.05, 3.63) is 88.9 Å². The summed E-state index contributed by atoms with van der Waals surface area (Å²) in [5, 5.41) is 2.61. The fraction of sp³-hybridized carbons (Fsp3) is 0.259. The number of carbonyl (C=O) groups excluding carboxylic acids is 2. The Morgan fingerprint density at radius 1 is 0.973 bits per heavy atom. The van der Waals surface area contributed by atoms with Crippen molar-refractivity contribution < 1.29 is 22.7 Å². The number of halogens is 1. The number of nitrogens with one attached hydrogen (secondary N) is 1. The van der Waals surface area contributed by atoms with Gasteiger partial charge in [0, 0.05) is 18.1 Å². The van der Waals surface area contributed by atoms with Crippen molar-refractivity contribution in [2.75, 3.05) is 25.0 Å². The number of benzene rings is 3. The number of methoxy groups -OCH3 is 1. The standard InChI is InChI=1S/C27H30BrN3O5S/c1-4-25(27(33)29-2)30(18-20-10-16-23(36-3)17-11-20)26(32)19-31(22-14-12-21(28)13-15-22)37(34,35)24-8-6-5-7-9-24/h5-17,25H,4,18-19H2,1-3H3,(H,29,33)/t25-/m1/s1. The SMILES string of the molecule is CC[C@H](C(=O)NC)N(Cc1ccc(OC)cc1)C(=O)CN(c1ccc(Br)cc1)S(=O)(=O)c1ccccc1. The molecule has 0 saturated carbocycles. The molecule has 0 bridgehead atoms. The van der Waals surface area contributed by atoms with Gasteiger partial charge in [-0.2, -0.15) is 0 Å². The fourth-order valence-corrected chi connectivity index (χ4v) is 5.57. The summed E-state index contributed by atoms with van der Waals surface area (Å²) in [5.41, 5.74) is 1.11. The number of anilines is 1. The van der Waals surface area contributed by atoms with Crippen molar-refractivity contribution >= 4 is 43.5 Å². The van der Waals surface area contributed by atoms with E-state index < -0.39 is 28.5 Å². The monoisotopic (exact) mass is 587 g/mol. The maximum Gasteiger partial charge on any atom is 0.264 e. The molecule has 0 saturated heterocycles. The number of nitrogens with zero attached hydrogens (tertiary/aromatic N) is 2. The third kappa shape index (κ3) is 6.90. The second kappa shape index (κ2) is 12.7. The van der Waals surface area contributed by atoms with Gasteiger partial charge in [0.1, 0.15) is 18.3 Å². The molecule has 8 nitrogen and oxygen atoms in total. The molecule has 10 heteroatoms. The van der Waals surface area contributed by atoms with Crippen molar-refractivity contribution in [3.8, 4) is 5.75 Å². The van der Waals surface area contributed by atoms with Gasteiger partial charge in [0.05, 0.1) is 17.7 Å². The van der Waals surface area contributed by atoms with Gasteiger partial charge >= 0.3 is 0 Å². The van der Waals surface area contributed by atoms with Gasteiger partial charge in [-0.3, -0.25) is 13.9 Å². The zero-order valence-electron chi connectivity index (χ0n) is 20.9. The molecule has 2 amide bonds. The van der Waals surface area contributed by atoms with Gasteiger partial charge in [-0.05, 0) is 60.5 Å². The van der Waals surface area contributed by atoms with Crippen LogP contribution in [0.3, 0.4) is 0 Å². The highest BCUT2D eigenvalue weighted by Gasteiger charge is 2.33. The van der Waals surface area contributed by atoms with Crippen LogP contribution in [-0.2, 0) is 26.2 Å². The molecule has 0 aromatic heterocycles. The van der Waals surface area contributed by atoms with E-state index in [4.69, 9.17) is 4.74 Å². The highest BCUT2D eigenvalue weighted by molar-refractivity contribution is 9.10. The van der Waals surface area contributed by atoms with E-state index in [-0.39, 0.29) is 17.3 Å². The molecule has 3 aromatic rings. The lowest BCUT2D eigenvalue weighted by molar-refractivity contribution is -0.140. The normalized spacial score (nSPS) is 11.9. The molecule has 0 aliphatic heterocycles. The first-order chi connectivity index (χ1) is 17.7. The summed E-state index contributed by atoms with van der Waals surface area (Å²) in [6, 6.07) is 21.0. The molecule has 1 N–H and O–H groups in total. The van der Waals surface area contributed by atoms with Crippen molar-refractivity contribution in [1.29, 1.82) is 0 Å². The van der Waals surface area contributed by atoms with E-state index in [1.54, 1.807) is 68.6 Å². The molecular formula is C27H30BrN3O5S. The molecule has 37 heavy (non-hydrogen) atoms. The summed E-state index contributed by atoms with van der Waals surface area (Å²) in [6.07, 6.45) is 0.352. The van der Waals surface area contributed by atoms with E-state index in [1.807, 2.05) is 12.1 Å². The van der Waals surface area contributed by atoms with E-state index in [0.29, 0.717) is 17.9 Å². The van der Waals surface area contributed by atoms with Crippen LogP contribution in [0.15, 0.2) is 88.2 Å². The summed E-state index contributed by atoms with van der Waals surface area (Å²) < 4.78 is 34.4. The second-order valence-electron chi connectivity index (χ2n) is 8.21. The summed E-state index contributed by atoms with van der Waals surface area (Å²) in [7, 11) is -1.01. The first-order valence-electron chi connectivity index (χ1n) is 11.7. The molecule has 0 heterocycles. The number of hydrogen-bond donors (Lipinski definition) is 1. The number of amides is 2. The summed E-state index contributed by atoms with van der Waals surface area (Å²) in [6.45, 7) is 1.44. The predicted octanol–water partition coefficient (Wildman–Crippen LogP) is 4.21. The van der Waals surface area contributed by atoms with Crippen LogP contribution in [0.1, 0.15) is 18.9 Å². The maximum atomic E-state index is 13.8. The van der Waals surface area contributed by atoms with E-state index in [2.05, 4.69) is 21.2 Å². The molecule has 3 aromatic carbocycles. The van der Waals surface area contributed by atoms with Crippen molar-refractivity contribution in [2.24, 2.45) is 0 Å². The van der Waals surface area contributed by atoms with Crippen molar-refractivity contribution in [2.45, 2.75) is 30.8 Å². The van der Waals surface area contributed by atoms with Gasteiger partial charge in [-0.25, -0.2) is 8.42 Å². The molecular weight excluding hydrogens is 558 g/mol. The van der Waals surface area contributed by atoms with Crippen LogP contribution < -0.4 is 14.4 Å². The molecule has 0 radical (unpaired) electrons. The van der Waals surface area contributed by atoms with Gasteiger partial charge in [-0.15, -0.1) is 0 Å². The minimum atomic E-state index is -4.08. The Kier molecular flexibility index (Phi) is 9.71. The fourth-order valence-electron chi connectivity index (χ4n) is 3.87. The van der Waals surface area contributed by atoms with Gasteiger partial charge in [0.15, 0.2) is 0 Å². The number of hydrogen-bond acceptors (Lipinski definition) is 5. The van der Waals surface area contributed by atoms with Gasteiger partial charge in [0.2, 0.25) is 11.8 Å². The summed E-state index contributed by atoms with van der Waals surface area (Å²) >= 11 is 3.37. The Hall–Kier alpha value is -3.37. The molecule has 0 aliphatic carbocycles. The van der Waals surface area contributed by atoms with Crippen LogP contribution in [-0.4, -0.2) is 51.9 Å². The highest BCUT2D eigenvalue weighted by atomic mass is 79.9. The lowest BCUT2D eigenvalue weighted by atomic mass is 10.1. The molecule has 0 spiro atoms. The average Bonchev–Trinajstić information content (AvgIpc) is 2.92. The number of carbonyl (C=O) groups is 2. The largest absolute Gasteiger partial charge is 0.497 e. The first kappa shape index (κ1) is 28.2. The number of sulfonamides is 1. The van der Waals surface area contributed by atoms with Crippen LogP contribution in [0, 0.1) is 0 Å². The lowest BCUT2D eigenvalue weighted by Crippen LogP contribution is -2.51. The predicted molar refractivity (Wildman–Crippen MR) is 147 cm³/mol. The third-order valence-corrected chi connectivity index (χ3v) is 8.19. The Labute approximate surface area is 226 Å². The molecule has 196 valence electrons. The summed E-state index contributed by atoms with van der Waals surface area (Å²) in [4.78, 5) is 28.0. The van der Waals surface area contributed by atoms with E-state index in [9.17, 15) is 18.0 Å². The Morgan fingerprint density at radius 2 is 1.59 bits per heavy atom. The van der Waals surface area contributed by atoms with E-state index in [0.717, 1.165) is 14.3 Å². The van der Waals surface area contributed by atoms with Crippen molar-refractivity contribution in [1.82, 2.24) is 10.2 Å². The van der Waals surface area contributed by atoms with Crippen LogP contribution in [0.5, 0.6) is 5.75 Å². The lowest BCUT2D eigenvalue weighted by Gasteiger charge is -2.33. The zero-order chi connectivity index (χ0) is 27.0. The van der Waals surface area contributed by atoms with Gasteiger partial charge in [-0.1, -0.05) is 53.2 Å². The van der Waals surface area contributed by atoms with Crippen molar-refractivity contribution in [3.63, 3.8) is 0 Å². The zero-order valence-corrected chi connectivity index (χ0v) is 23.3. The Morgan fingerprint density at radius 3 is 2.14 bits per heavy atom. The second-order valence-corrected chi connectivity index (χ2v) is 11.0. The van der Waals surface area contributed by atoms with Crippen LogP contribution in [0.4, 0.5) is 5.69 Å². The molecule has 0 fully saturated rings. The topological polar surface area (TPSA) is 96.0 Å². The Balaban J connectivity index is 2.02. The van der Waals surface area contributed by atoms with Crippen LogP contribution in [0.25, 0.3) is 0 Å². The van der Waals surface area contributed by atoms with E-state index >= 15 is 0 Å². The minimum absolute atomic E-state index is 0.0609. The average molecular weight is 589 g/mol. The molecule has 3 rings (SSSR count). The smallest absolute Gasteiger partial charge is 0.264 e. The molecule has 0 unspecified atom stereocenters. The first-order valence-corrected chi connectivity index (χ1v) is 13.9. The van der Waals surface area contributed by atoms with Crippen LogP contribution >= 0.6 is 15.9 Å². The number of ether oxygens (including phenoxy) is 1.